The number of amides is 3. The van der Waals surface area contributed by atoms with Crippen LogP contribution < -0.4 is 20.3 Å². The van der Waals surface area contributed by atoms with E-state index in [0.717, 1.165) is 0 Å². The molecule has 0 radical (unpaired) electrons. The van der Waals surface area contributed by atoms with Crippen molar-refractivity contribution in [1.29, 1.82) is 0 Å². The Morgan fingerprint density at radius 2 is 2.05 bits per heavy atom. The smallest absolute Gasteiger partial charge is 0.315 e. The van der Waals surface area contributed by atoms with Gasteiger partial charge in [-0.3, -0.25) is 4.79 Å². The quantitative estimate of drug-likeness (QED) is 0.843. The third-order valence-corrected chi connectivity index (χ3v) is 3.09. The molecule has 122 valence electrons. The molecule has 0 heterocycles. The predicted molar refractivity (Wildman–Crippen MR) is 87.7 cm³/mol. The van der Waals surface area contributed by atoms with Gasteiger partial charge < -0.3 is 20.3 Å². The van der Waals surface area contributed by atoms with E-state index in [4.69, 9.17) is 16.3 Å². The molecule has 7 heteroatoms. The molecule has 1 aromatic rings. The number of hydrogen-bond donors (Lipinski definition) is 2. The first-order chi connectivity index (χ1) is 10.3. The number of ether oxygens (including phenoxy) is 1. The summed E-state index contributed by atoms with van der Waals surface area (Å²) in [5, 5.41) is 5.93. The normalized spacial score (nSPS) is 10.3. The van der Waals surface area contributed by atoms with Crippen LogP contribution >= 0.6 is 11.6 Å². The minimum atomic E-state index is -0.267. The lowest BCUT2D eigenvalue weighted by Gasteiger charge is -2.23. The topological polar surface area (TPSA) is 70.7 Å². The van der Waals surface area contributed by atoms with Crippen molar-refractivity contribution in [2.75, 3.05) is 25.1 Å². The molecular formula is C15H22ClN3O3. The highest BCUT2D eigenvalue weighted by atomic mass is 35.5. The number of methoxy groups -OCH3 is 1. The maximum atomic E-state index is 11.9. The van der Waals surface area contributed by atoms with E-state index < -0.39 is 0 Å². The summed E-state index contributed by atoms with van der Waals surface area (Å²) in [6.07, 6.45) is 0. The molecule has 0 bridgehead atoms. The predicted octanol–water partition coefficient (Wildman–Crippen LogP) is 2.41. The van der Waals surface area contributed by atoms with Crippen LogP contribution in [0, 0.1) is 0 Å². The maximum absolute atomic E-state index is 11.9. The summed E-state index contributed by atoms with van der Waals surface area (Å²) >= 11 is 5.99. The van der Waals surface area contributed by atoms with Gasteiger partial charge in [-0.15, -0.1) is 0 Å². The summed E-state index contributed by atoms with van der Waals surface area (Å²) in [5.41, 5.74) is 0.577. The van der Waals surface area contributed by atoms with E-state index in [0.29, 0.717) is 29.5 Å². The van der Waals surface area contributed by atoms with Gasteiger partial charge in [-0.05, 0) is 32.0 Å². The van der Waals surface area contributed by atoms with Crippen molar-refractivity contribution in [2.45, 2.75) is 26.8 Å². The molecular weight excluding hydrogens is 306 g/mol. The molecule has 22 heavy (non-hydrogen) atoms. The van der Waals surface area contributed by atoms with Gasteiger partial charge in [0.1, 0.15) is 5.75 Å². The number of benzene rings is 1. The van der Waals surface area contributed by atoms with Crippen molar-refractivity contribution in [3.05, 3.63) is 23.2 Å². The fraction of sp³-hybridized carbons (Fsp3) is 0.467. The molecule has 0 aliphatic rings. The second-order valence-electron chi connectivity index (χ2n) is 5.04. The molecule has 1 rings (SSSR count). The molecule has 2 N–H and O–H groups in total. The Labute approximate surface area is 135 Å². The first-order valence-corrected chi connectivity index (χ1v) is 7.39. The van der Waals surface area contributed by atoms with Crippen molar-refractivity contribution in [1.82, 2.24) is 10.6 Å². The van der Waals surface area contributed by atoms with Gasteiger partial charge in [0.05, 0.1) is 12.8 Å². The second-order valence-corrected chi connectivity index (χ2v) is 5.48. The summed E-state index contributed by atoms with van der Waals surface area (Å²) in [7, 11) is 1.53. The SMILES string of the molecule is COc1ccc(Cl)cc1N(CCNC(=O)NC(C)C)C(C)=O. The number of carbonyl (C=O) groups excluding carboxylic acids is 2. The van der Waals surface area contributed by atoms with Crippen molar-refractivity contribution in [3.63, 3.8) is 0 Å². The lowest BCUT2D eigenvalue weighted by Crippen LogP contribution is -2.43. The first kappa shape index (κ1) is 18.1. The third-order valence-electron chi connectivity index (χ3n) is 2.85. The lowest BCUT2D eigenvalue weighted by atomic mass is 10.2. The molecule has 0 fully saturated rings. The van der Waals surface area contributed by atoms with E-state index >= 15 is 0 Å². The van der Waals surface area contributed by atoms with Gasteiger partial charge >= 0.3 is 6.03 Å². The highest BCUT2D eigenvalue weighted by Crippen LogP contribution is 2.31. The molecule has 6 nitrogen and oxygen atoms in total. The minimum Gasteiger partial charge on any atom is -0.495 e. The molecule has 0 aliphatic heterocycles. The average Bonchev–Trinajstić information content (AvgIpc) is 2.42. The van der Waals surface area contributed by atoms with Crippen LogP contribution in [0.15, 0.2) is 18.2 Å². The Bertz CT molecular complexity index is 535. The summed E-state index contributed by atoms with van der Waals surface area (Å²) in [6, 6.07) is 4.84. The van der Waals surface area contributed by atoms with E-state index in [1.807, 2.05) is 13.8 Å². The fourth-order valence-corrected chi connectivity index (χ4v) is 2.08. The van der Waals surface area contributed by atoms with Crippen LogP contribution in [-0.2, 0) is 4.79 Å². The van der Waals surface area contributed by atoms with E-state index in [-0.39, 0.29) is 18.0 Å². The fourth-order valence-electron chi connectivity index (χ4n) is 1.92. The van der Waals surface area contributed by atoms with Gasteiger partial charge in [0.25, 0.3) is 0 Å². The number of hydrogen-bond acceptors (Lipinski definition) is 3. The van der Waals surface area contributed by atoms with Crippen molar-refractivity contribution >= 4 is 29.2 Å². The Morgan fingerprint density at radius 1 is 1.36 bits per heavy atom. The van der Waals surface area contributed by atoms with Crippen molar-refractivity contribution < 1.29 is 14.3 Å². The van der Waals surface area contributed by atoms with E-state index in [2.05, 4.69) is 10.6 Å². The van der Waals surface area contributed by atoms with Crippen LogP contribution in [0.3, 0.4) is 0 Å². The molecule has 0 atom stereocenters. The Kier molecular flexibility index (Phi) is 6.98. The van der Waals surface area contributed by atoms with Crippen molar-refractivity contribution in [2.24, 2.45) is 0 Å². The van der Waals surface area contributed by atoms with E-state index in [9.17, 15) is 9.59 Å². The number of carbonyl (C=O) groups is 2. The molecule has 0 aromatic heterocycles. The van der Waals surface area contributed by atoms with Gasteiger partial charge in [0.2, 0.25) is 5.91 Å². The van der Waals surface area contributed by atoms with E-state index in [1.165, 1.54) is 18.9 Å². The maximum Gasteiger partial charge on any atom is 0.315 e. The third kappa shape index (κ3) is 5.44. The Morgan fingerprint density at radius 3 is 2.59 bits per heavy atom. The molecule has 0 spiro atoms. The number of rotatable bonds is 6. The summed E-state index contributed by atoms with van der Waals surface area (Å²) < 4.78 is 5.26. The Hall–Kier alpha value is -1.95. The van der Waals surface area contributed by atoms with Gasteiger partial charge in [-0.25, -0.2) is 4.79 Å². The number of urea groups is 1. The monoisotopic (exact) mass is 327 g/mol. The zero-order valence-electron chi connectivity index (χ0n) is 13.3. The second kappa shape index (κ2) is 8.48. The number of nitrogens with zero attached hydrogens (tertiary/aromatic N) is 1. The summed E-state index contributed by atoms with van der Waals surface area (Å²) in [5.74, 6) is 0.387. The van der Waals surface area contributed by atoms with Crippen LogP contribution in [-0.4, -0.2) is 38.2 Å². The van der Waals surface area contributed by atoms with Crippen LogP contribution in [0.4, 0.5) is 10.5 Å². The van der Waals surface area contributed by atoms with Crippen LogP contribution in [0.1, 0.15) is 20.8 Å². The molecule has 0 unspecified atom stereocenters. The molecule has 0 saturated heterocycles. The molecule has 0 aliphatic carbocycles. The molecule has 0 saturated carbocycles. The van der Waals surface area contributed by atoms with Crippen LogP contribution in [0.2, 0.25) is 5.02 Å². The van der Waals surface area contributed by atoms with Crippen LogP contribution in [0.5, 0.6) is 5.75 Å². The number of nitrogens with one attached hydrogen (secondary N) is 2. The minimum absolute atomic E-state index is 0.0527. The highest BCUT2D eigenvalue weighted by Gasteiger charge is 2.17. The summed E-state index contributed by atoms with van der Waals surface area (Å²) in [4.78, 5) is 24.9. The van der Waals surface area contributed by atoms with Crippen LogP contribution in [0.25, 0.3) is 0 Å². The zero-order chi connectivity index (χ0) is 16.7. The highest BCUT2D eigenvalue weighted by molar-refractivity contribution is 6.31. The number of halogens is 1. The van der Waals surface area contributed by atoms with Gasteiger partial charge in [-0.1, -0.05) is 11.6 Å². The lowest BCUT2D eigenvalue weighted by molar-refractivity contribution is -0.116. The largest absolute Gasteiger partial charge is 0.495 e. The van der Waals surface area contributed by atoms with Gasteiger partial charge in [0, 0.05) is 31.1 Å². The van der Waals surface area contributed by atoms with Crippen molar-refractivity contribution in [3.8, 4) is 5.75 Å². The molecule has 3 amide bonds. The number of anilines is 1. The standard InChI is InChI=1S/C15H22ClN3O3/c1-10(2)18-15(21)17-7-8-19(11(3)20)13-9-12(16)5-6-14(13)22-4/h5-6,9-10H,7-8H2,1-4H3,(H2,17,18,21). The van der Waals surface area contributed by atoms with Gasteiger partial charge in [0.15, 0.2) is 0 Å². The summed E-state index contributed by atoms with van der Waals surface area (Å²) in [6.45, 7) is 5.83. The van der Waals surface area contributed by atoms with E-state index in [1.54, 1.807) is 18.2 Å². The van der Waals surface area contributed by atoms with Gasteiger partial charge in [-0.2, -0.15) is 0 Å². The zero-order valence-corrected chi connectivity index (χ0v) is 14.0. The average molecular weight is 328 g/mol. The Balaban J connectivity index is 2.77. The first-order valence-electron chi connectivity index (χ1n) is 7.01. The molecule has 1 aromatic carbocycles.